The van der Waals surface area contributed by atoms with Crippen molar-refractivity contribution in [2.75, 3.05) is 13.3 Å². The zero-order valence-corrected chi connectivity index (χ0v) is 18.0. The number of nitrogens with zero attached hydrogens (tertiary/aromatic N) is 2. The predicted octanol–water partition coefficient (Wildman–Crippen LogP) is 3.92. The van der Waals surface area contributed by atoms with Crippen LogP contribution < -0.4 is 4.74 Å². The molecule has 1 saturated heterocycles. The Morgan fingerprint density at radius 3 is 2.93 bits per heavy atom. The van der Waals surface area contributed by atoms with Gasteiger partial charge >= 0.3 is 0 Å². The Morgan fingerprint density at radius 2 is 2.10 bits per heavy atom. The summed E-state index contributed by atoms with van der Waals surface area (Å²) >= 11 is 3.46. The average Bonchev–Trinajstić information content (AvgIpc) is 2.77. The van der Waals surface area contributed by atoms with Gasteiger partial charge in [0.15, 0.2) is 0 Å². The number of carbonyl (C=O) groups excluding carboxylic acids is 1. The number of fused-ring (bicyclic) bond motifs is 3. The maximum atomic E-state index is 13.2. The maximum Gasteiger partial charge on any atom is 0.208 e. The first kappa shape index (κ1) is 19.7. The van der Waals surface area contributed by atoms with Crippen LogP contribution in [0, 0.1) is 11.8 Å². The van der Waals surface area contributed by atoms with E-state index >= 15 is 0 Å². The Balaban J connectivity index is 1.30. The van der Waals surface area contributed by atoms with Gasteiger partial charge in [-0.05, 0) is 52.5 Å². The van der Waals surface area contributed by atoms with Crippen molar-refractivity contribution in [2.24, 2.45) is 11.8 Å². The molecule has 30 heavy (non-hydrogen) atoms. The van der Waals surface area contributed by atoms with Crippen LogP contribution in [0.5, 0.6) is 5.75 Å². The number of Topliss-reactive ketones (excluding diaryl/α,β-unsaturated/α-hetero) is 1. The number of allylic oxidation sites excluding steroid dienone is 1. The number of hydrogen-bond acceptors (Lipinski definition) is 6. The van der Waals surface area contributed by atoms with Gasteiger partial charge in [0.2, 0.25) is 11.5 Å². The minimum absolute atomic E-state index is 0.0184. The quantitative estimate of drug-likeness (QED) is 0.674. The summed E-state index contributed by atoms with van der Waals surface area (Å²) < 4.78 is 18.9. The van der Waals surface area contributed by atoms with E-state index in [1.165, 1.54) is 6.26 Å². The predicted molar refractivity (Wildman–Crippen MR) is 113 cm³/mol. The number of carbonyl (C=O) groups is 1. The molecule has 2 aromatic rings. The summed E-state index contributed by atoms with van der Waals surface area (Å²) in [4.78, 5) is 19.6. The molecule has 7 heteroatoms. The Labute approximate surface area is 184 Å². The minimum Gasteiger partial charge on any atom is -0.493 e. The van der Waals surface area contributed by atoms with E-state index in [4.69, 9.17) is 14.2 Å². The number of para-hydroxylation sites is 1. The van der Waals surface area contributed by atoms with Crippen LogP contribution in [0.1, 0.15) is 18.4 Å². The van der Waals surface area contributed by atoms with Crippen molar-refractivity contribution in [2.45, 2.75) is 31.6 Å². The summed E-state index contributed by atoms with van der Waals surface area (Å²) in [6.45, 7) is 2.20. The fourth-order valence-electron chi connectivity index (χ4n) is 4.65. The molecule has 1 saturated carbocycles. The molecule has 1 aromatic carbocycles. The molecule has 0 N–H and O–H groups in total. The van der Waals surface area contributed by atoms with Crippen molar-refractivity contribution in [1.82, 2.24) is 9.88 Å². The van der Waals surface area contributed by atoms with E-state index in [2.05, 4.69) is 31.9 Å². The maximum absolute atomic E-state index is 13.2. The van der Waals surface area contributed by atoms with E-state index in [0.717, 1.165) is 36.0 Å². The highest BCUT2D eigenvalue weighted by atomic mass is 79.9. The lowest BCUT2D eigenvalue weighted by atomic mass is 9.73. The van der Waals surface area contributed by atoms with E-state index in [1.807, 2.05) is 36.5 Å². The first-order valence-electron chi connectivity index (χ1n) is 10.2. The van der Waals surface area contributed by atoms with Crippen molar-refractivity contribution in [1.29, 1.82) is 0 Å². The first-order valence-corrected chi connectivity index (χ1v) is 11.0. The van der Waals surface area contributed by atoms with Crippen molar-refractivity contribution in [3.8, 4) is 5.75 Å². The van der Waals surface area contributed by atoms with Gasteiger partial charge in [-0.15, -0.1) is 0 Å². The first-order chi connectivity index (χ1) is 14.7. The fraction of sp³-hybridized carbons (Fsp3) is 0.391. The Hall–Kier alpha value is -2.22. The molecule has 2 aliphatic heterocycles. The molecule has 1 aromatic heterocycles. The number of pyridine rings is 1. The molecule has 0 radical (unpaired) electrons. The van der Waals surface area contributed by atoms with Crippen LogP contribution in [0.2, 0.25) is 0 Å². The molecule has 0 bridgehead atoms. The van der Waals surface area contributed by atoms with Gasteiger partial charge in [-0.3, -0.25) is 14.7 Å². The van der Waals surface area contributed by atoms with Crippen LogP contribution in [-0.4, -0.2) is 41.2 Å². The van der Waals surface area contributed by atoms with Gasteiger partial charge in [-0.2, -0.15) is 0 Å². The lowest BCUT2D eigenvalue weighted by molar-refractivity contribution is -0.175. The number of aromatic nitrogens is 1. The zero-order valence-electron chi connectivity index (χ0n) is 16.4. The number of ketones is 1. The smallest absolute Gasteiger partial charge is 0.208 e. The van der Waals surface area contributed by atoms with E-state index < -0.39 is 0 Å². The zero-order chi connectivity index (χ0) is 20.5. The van der Waals surface area contributed by atoms with Crippen LogP contribution in [0.15, 0.2) is 65.3 Å². The molecule has 4 unspecified atom stereocenters. The summed E-state index contributed by atoms with van der Waals surface area (Å²) in [5.74, 6) is 0.849. The van der Waals surface area contributed by atoms with Crippen LogP contribution in [0.3, 0.4) is 0 Å². The van der Waals surface area contributed by atoms with Crippen LogP contribution in [0.25, 0.3) is 0 Å². The third-order valence-corrected chi connectivity index (χ3v) is 6.75. The van der Waals surface area contributed by atoms with Crippen LogP contribution in [0.4, 0.5) is 0 Å². The summed E-state index contributed by atoms with van der Waals surface area (Å²) in [5, 5.41) is 0. The lowest BCUT2D eigenvalue weighted by Crippen LogP contribution is -2.56. The molecule has 3 aliphatic rings. The molecular formula is C23H23BrN2O4. The molecule has 0 spiro atoms. The number of rotatable bonds is 4. The van der Waals surface area contributed by atoms with Crippen molar-refractivity contribution < 1.29 is 19.0 Å². The van der Waals surface area contributed by atoms with Gasteiger partial charge in [0.1, 0.15) is 18.1 Å². The monoisotopic (exact) mass is 470 g/mol. The number of ether oxygens (including phenoxy) is 3. The Bertz CT molecular complexity index is 951. The summed E-state index contributed by atoms with van der Waals surface area (Å²) in [5.41, 5.74) is 1.15. The van der Waals surface area contributed by atoms with Gasteiger partial charge in [0, 0.05) is 31.4 Å². The summed E-state index contributed by atoms with van der Waals surface area (Å²) in [6.07, 6.45) is 6.71. The van der Waals surface area contributed by atoms with Crippen LogP contribution >= 0.6 is 15.9 Å². The molecule has 1 aliphatic carbocycles. The van der Waals surface area contributed by atoms with Crippen molar-refractivity contribution in [3.05, 3.63) is 70.8 Å². The van der Waals surface area contributed by atoms with E-state index in [0.29, 0.717) is 12.5 Å². The summed E-state index contributed by atoms with van der Waals surface area (Å²) in [7, 11) is 0. The molecule has 6 nitrogen and oxygen atoms in total. The van der Waals surface area contributed by atoms with E-state index in [-0.39, 0.29) is 35.6 Å². The lowest BCUT2D eigenvalue weighted by Gasteiger charge is -2.48. The van der Waals surface area contributed by atoms with E-state index in [9.17, 15) is 4.79 Å². The van der Waals surface area contributed by atoms with E-state index in [1.54, 1.807) is 6.20 Å². The summed E-state index contributed by atoms with van der Waals surface area (Å²) in [6, 6.07) is 11.5. The topological polar surface area (TPSA) is 60.9 Å². The van der Waals surface area contributed by atoms with Gasteiger partial charge in [0.05, 0.1) is 23.2 Å². The molecular weight excluding hydrogens is 448 g/mol. The fourth-order valence-corrected chi connectivity index (χ4v) is 5.02. The van der Waals surface area contributed by atoms with Crippen molar-refractivity contribution in [3.63, 3.8) is 0 Å². The largest absolute Gasteiger partial charge is 0.493 e. The second-order valence-corrected chi connectivity index (χ2v) is 8.89. The van der Waals surface area contributed by atoms with Gasteiger partial charge < -0.3 is 14.2 Å². The minimum atomic E-state index is -0.198. The molecule has 156 valence electrons. The highest BCUT2D eigenvalue weighted by Gasteiger charge is 2.49. The third-order valence-electron chi connectivity index (χ3n) is 6.10. The normalized spacial score (nSPS) is 28.7. The number of benzene rings is 1. The van der Waals surface area contributed by atoms with Crippen molar-refractivity contribution >= 4 is 21.7 Å². The average molecular weight is 471 g/mol. The molecule has 3 heterocycles. The highest BCUT2D eigenvalue weighted by molar-refractivity contribution is 9.10. The Morgan fingerprint density at radius 1 is 1.20 bits per heavy atom. The Kier molecular flexibility index (Phi) is 5.58. The highest BCUT2D eigenvalue weighted by Crippen LogP contribution is 2.41. The number of halogens is 1. The molecule has 2 fully saturated rings. The van der Waals surface area contributed by atoms with Crippen LogP contribution in [-0.2, 0) is 20.8 Å². The van der Waals surface area contributed by atoms with Gasteiger partial charge in [-0.1, -0.05) is 18.2 Å². The second kappa shape index (κ2) is 8.49. The molecule has 0 amide bonds. The van der Waals surface area contributed by atoms with Gasteiger partial charge in [-0.25, -0.2) is 0 Å². The standard InChI is InChI=1S/C23H23BrN2O4/c24-18-5-1-2-6-20(18)30-21-13-28-23-16(22(21)27)7-8-19-17(23)12-26(14-29-19)11-15-4-3-9-25-10-15/h1-6,9-10,13,16-17,19,23H,7-8,11-12,14H2. The SMILES string of the molecule is O=C1C(Oc2ccccc2Br)=COC2C1CCC1OCN(Cc3cccnc3)CC12. The molecule has 4 atom stereocenters. The third kappa shape index (κ3) is 3.89. The number of hydrogen-bond donors (Lipinski definition) is 0. The second-order valence-electron chi connectivity index (χ2n) is 8.03. The molecule has 5 rings (SSSR count). The van der Waals surface area contributed by atoms with Gasteiger partial charge in [0.25, 0.3) is 0 Å².